The van der Waals surface area contributed by atoms with Gasteiger partial charge >= 0.3 is 5.97 Å². The van der Waals surface area contributed by atoms with Crippen LogP contribution in [0.2, 0.25) is 0 Å². The molecule has 2 aromatic carbocycles. The summed E-state index contributed by atoms with van der Waals surface area (Å²) in [6, 6.07) is 13.3. The van der Waals surface area contributed by atoms with E-state index >= 15 is 0 Å². The van der Waals surface area contributed by atoms with Gasteiger partial charge < -0.3 is 19.3 Å². The maximum absolute atomic E-state index is 12.1. The minimum Gasteiger partial charge on any atom is -0.497 e. The standard InChI is InChI=1S/C18H18O6/c1-12(18(20)21)24-16-8-4-7-15(10-16)23-11-17(19)13-5-3-6-14(9-13)22-2/h3-10,12H,11H2,1-2H3,(H,20,21)/t12-/m1/s1. The van der Waals surface area contributed by atoms with Gasteiger partial charge in [0.2, 0.25) is 0 Å². The molecule has 0 spiro atoms. The zero-order valence-corrected chi connectivity index (χ0v) is 13.4. The van der Waals surface area contributed by atoms with E-state index in [1.54, 1.807) is 42.5 Å². The Balaban J connectivity index is 1.98. The largest absolute Gasteiger partial charge is 0.497 e. The second kappa shape index (κ2) is 8.01. The average Bonchev–Trinajstić information content (AvgIpc) is 2.60. The van der Waals surface area contributed by atoms with Crippen molar-refractivity contribution in [3.63, 3.8) is 0 Å². The van der Waals surface area contributed by atoms with Gasteiger partial charge in [-0.1, -0.05) is 18.2 Å². The van der Waals surface area contributed by atoms with Gasteiger partial charge in [-0.05, 0) is 31.2 Å². The zero-order valence-electron chi connectivity index (χ0n) is 13.4. The summed E-state index contributed by atoms with van der Waals surface area (Å²) < 4.78 is 15.8. The van der Waals surface area contributed by atoms with Crippen LogP contribution in [0.3, 0.4) is 0 Å². The summed E-state index contributed by atoms with van der Waals surface area (Å²) in [4.78, 5) is 23.0. The van der Waals surface area contributed by atoms with Crippen molar-refractivity contribution in [2.24, 2.45) is 0 Å². The highest BCUT2D eigenvalue weighted by molar-refractivity contribution is 5.97. The first-order chi connectivity index (χ1) is 11.5. The molecule has 0 aliphatic carbocycles. The van der Waals surface area contributed by atoms with Gasteiger partial charge in [-0.25, -0.2) is 4.79 Å². The highest BCUT2D eigenvalue weighted by Gasteiger charge is 2.13. The van der Waals surface area contributed by atoms with Crippen molar-refractivity contribution in [2.75, 3.05) is 13.7 Å². The third-order valence-corrected chi connectivity index (χ3v) is 3.23. The molecule has 2 aromatic rings. The van der Waals surface area contributed by atoms with Gasteiger partial charge in [0, 0.05) is 11.6 Å². The lowest BCUT2D eigenvalue weighted by atomic mass is 10.1. The number of ketones is 1. The SMILES string of the molecule is COc1cccc(C(=O)COc2cccc(O[C@H](C)C(=O)O)c2)c1. The number of hydrogen-bond acceptors (Lipinski definition) is 5. The van der Waals surface area contributed by atoms with Crippen molar-refractivity contribution in [3.8, 4) is 17.2 Å². The van der Waals surface area contributed by atoms with Crippen LogP contribution in [0.25, 0.3) is 0 Å². The van der Waals surface area contributed by atoms with Gasteiger partial charge in [0.25, 0.3) is 0 Å². The normalized spacial score (nSPS) is 11.4. The van der Waals surface area contributed by atoms with E-state index in [9.17, 15) is 9.59 Å². The summed E-state index contributed by atoms with van der Waals surface area (Å²) in [5.74, 6) is 0.116. The minimum absolute atomic E-state index is 0.148. The number of carbonyl (C=O) groups is 2. The van der Waals surface area contributed by atoms with E-state index in [0.717, 1.165) is 0 Å². The van der Waals surface area contributed by atoms with E-state index in [4.69, 9.17) is 19.3 Å². The third kappa shape index (κ3) is 4.74. The highest BCUT2D eigenvalue weighted by Crippen LogP contribution is 2.21. The molecule has 0 fully saturated rings. The minimum atomic E-state index is -1.06. The van der Waals surface area contributed by atoms with Crippen LogP contribution in [0.15, 0.2) is 48.5 Å². The van der Waals surface area contributed by atoms with Crippen molar-refractivity contribution in [2.45, 2.75) is 13.0 Å². The van der Waals surface area contributed by atoms with E-state index in [1.807, 2.05) is 0 Å². The molecule has 0 aliphatic heterocycles. The number of carboxylic acids is 1. The first-order valence-electron chi connectivity index (χ1n) is 7.29. The first-order valence-corrected chi connectivity index (χ1v) is 7.29. The maximum atomic E-state index is 12.1. The molecule has 0 amide bonds. The van der Waals surface area contributed by atoms with Crippen LogP contribution in [-0.4, -0.2) is 36.7 Å². The zero-order chi connectivity index (χ0) is 17.5. The lowest BCUT2D eigenvalue weighted by Gasteiger charge is -2.12. The number of rotatable bonds is 8. The molecule has 1 N–H and O–H groups in total. The summed E-state index contributed by atoms with van der Waals surface area (Å²) in [6.07, 6.45) is -0.973. The number of carboxylic acid groups (broad SMARTS) is 1. The molecule has 2 rings (SSSR count). The van der Waals surface area contributed by atoms with Crippen LogP contribution >= 0.6 is 0 Å². The fourth-order valence-electron chi connectivity index (χ4n) is 1.92. The molecule has 126 valence electrons. The number of aliphatic carboxylic acids is 1. The first kappa shape index (κ1) is 17.3. The molecular weight excluding hydrogens is 312 g/mol. The van der Waals surface area contributed by atoms with Crippen molar-refractivity contribution in [3.05, 3.63) is 54.1 Å². The van der Waals surface area contributed by atoms with E-state index in [0.29, 0.717) is 22.8 Å². The summed E-state index contributed by atoms with van der Waals surface area (Å²) in [6.45, 7) is 1.29. The van der Waals surface area contributed by atoms with Gasteiger partial charge in [0.05, 0.1) is 7.11 Å². The smallest absolute Gasteiger partial charge is 0.344 e. The fourth-order valence-corrected chi connectivity index (χ4v) is 1.92. The highest BCUT2D eigenvalue weighted by atomic mass is 16.5. The fraction of sp³-hybridized carbons (Fsp3) is 0.222. The van der Waals surface area contributed by atoms with Crippen molar-refractivity contribution < 1.29 is 28.9 Å². The van der Waals surface area contributed by atoms with Gasteiger partial charge in [0.15, 0.2) is 18.5 Å². The number of methoxy groups -OCH3 is 1. The lowest BCUT2D eigenvalue weighted by Crippen LogP contribution is -2.22. The summed E-state index contributed by atoms with van der Waals surface area (Å²) in [5.41, 5.74) is 0.487. The summed E-state index contributed by atoms with van der Waals surface area (Å²) in [7, 11) is 1.53. The van der Waals surface area contributed by atoms with Crippen LogP contribution in [0.5, 0.6) is 17.2 Å². The molecule has 0 bridgehead atoms. The Labute approximate surface area is 139 Å². The monoisotopic (exact) mass is 330 g/mol. The van der Waals surface area contributed by atoms with E-state index in [-0.39, 0.29) is 12.4 Å². The molecule has 1 atom stereocenters. The van der Waals surface area contributed by atoms with Crippen molar-refractivity contribution >= 4 is 11.8 Å². The topological polar surface area (TPSA) is 82.1 Å². The molecule has 0 heterocycles. The van der Waals surface area contributed by atoms with E-state index in [1.165, 1.54) is 20.1 Å². The molecule has 24 heavy (non-hydrogen) atoms. The van der Waals surface area contributed by atoms with Crippen LogP contribution in [-0.2, 0) is 4.79 Å². The Morgan fingerprint density at radius 1 is 1.04 bits per heavy atom. The summed E-state index contributed by atoms with van der Waals surface area (Å²) in [5, 5.41) is 8.85. The second-order valence-corrected chi connectivity index (χ2v) is 5.02. The molecule has 0 saturated heterocycles. The van der Waals surface area contributed by atoms with Gasteiger partial charge in [0.1, 0.15) is 17.2 Å². The average molecular weight is 330 g/mol. The maximum Gasteiger partial charge on any atom is 0.344 e. The van der Waals surface area contributed by atoms with E-state index in [2.05, 4.69) is 0 Å². The third-order valence-electron chi connectivity index (χ3n) is 3.23. The Morgan fingerprint density at radius 2 is 1.71 bits per heavy atom. The van der Waals surface area contributed by atoms with Crippen LogP contribution in [0, 0.1) is 0 Å². The Kier molecular flexibility index (Phi) is 5.78. The van der Waals surface area contributed by atoms with Crippen LogP contribution in [0.4, 0.5) is 0 Å². The molecule has 6 nitrogen and oxygen atoms in total. The summed E-state index contributed by atoms with van der Waals surface area (Å²) >= 11 is 0. The van der Waals surface area contributed by atoms with Crippen molar-refractivity contribution in [1.29, 1.82) is 0 Å². The molecule has 0 radical (unpaired) electrons. The number of ether oxygens (including phenoxy) is 3. The molecule has 6 heteroatoms. The quantitative estimate of drug-likeness (QED) is 0.750. The molecule has 0 aromatic heterocycles. The number of carbonyl (C=O) groups excluding carboxylic acids is 1. The predicted molar refractivity (Wildman–Crippen MR) is 87.0 cm³/mol. The van der Waals surface area contributed by atoms with Gasteiger partial charge in [-0.3, -0.25) is 4.79 Å². The Hall–Kier alpha value is -3.02. The molecular formula is C18H18O6. The molecule has 0 aliphatic rings. The van der Waals surface area contributed by atoms with Gasteiger partial charge in [-0.15, -0.1) is 0 Å². The molecule has 0 unspecified atom stereocenters. The number of benzene rings is 2. The lowest BCUT2D eigenvalue weighted by molar-refractivity contribution is -0.144. The van der Waals surface area contributed by atoms with Crippen LogP contribution in [0.1, 0.15) is 17.3 Å². The number of hydrogen-bond donors (Lipinski definition) is 1. The Morgan fingerprint density at radius 3 is 2.42 bits per heavy atom. The van der Waals surface area contributed by atoms with Crippen molar-refractivity contribution in [1.82, 2.24) is 0 Å². The Bertz CT molecular complexity index is 725. The number of Topliss-reactive ketones (excluding diaryl/α,β-unsaturated/α-hetero) is 1. The second-order valence-electron chi connectivity index (χ2n) is 5.02. The molecule has 0 saturated carbocycles. The van der Waals surface area contributed by atoms with E-state index < -0.39 is 12.1 Å². The van der Waals surface area contributed by atoms with Crippen LogP contribution < -0.4 is 14.2 Å². The van der Waals surface area contributed by atoms with Gasteiger partial charge in [-0.2, -0.15) is 0 Å². The predicted octanol–water partition coefficient (Wildman–Crippen LogP) is 2.81.